The zero-order valence-electron chi connectivity index (χ0n) is 9.59. The molecule has 1 aromatic carbocycles. The third-order valence-corrected chi connectivity index (χ3v) is 3.84. The summed E-state index contributed by atoms with van der Waals surface area (Å²) in [6.45, 7) is 3.03. The van der Waals surface area contributed by atoms with E-state index in [2.05, 4.69) is 34.4 Å². The van der Waals surface area contributed by atoms with E-state index >= 15 is 0 Å². The first-order chi connectivity index (χ1) is 7.67. The topological polar surface area (TPSA) is 12.0 Å². The third-order valence-electron chi connectivity index (χ3n) is 2.33. The highest BCUT2D eigenvalue weighted by molar-refractivity contribution is 9.10. The predicted molar refractivity (Wildman–Crippen MR) is 73.7 cm³/mol. The van der Waals surface area contributed by atoms with E-state index in [9.17, 15) is 4.39 Å². The van der Waals surface area contributed by atoms with Gasteiger partial charge in [0.05, 0.1) is 0 Å². The first kappa shape index (κ1) is 14.0. The summed E-state index contributed by atoms with van der Waals surface area (Å²) in [6, 6.07) is 5.25. The van der Waals surface area contributed by atoms with Crippen LogP contribution in [-0.4, -0.2) is 24.6 Å². The molecule has 16 heavy (non-hydrogen) atoms. The Labute approximate surface area is 109 Å². The van der Waals surface area contributed by atoms with Gasteiger partial charge in [-0.05, 0) is 43.0 Å². The molecule has 0 fully saturated rings. The van der Waals surface area contributed by atoms with Crippen LogP contribution in [0, 0.1) is 5.82 Å². The highest BCUT2D eigenvalue weighted by Crippen LogP contribution is 2.20. The Morgan fingerprint density at radius 1 is 1.50 bits per heavy atom. The number of benzene rings is 1. The molecule has 1 rings (SSSR count). The van der Waals surface area contributed by atoms with E-state index in [-0.39, 0.29) is 5.82 Å². The molecule has 0 bridgehead atoms. The average molecular weight is 306 g/mol. The van der Waals surface area contributed by atoms with Crippen molar-refractivity contribution < 1.29 is 4.39 Å². The Bertz CT molecular complexity index is 327. The first-order valence-electron chi connectivity index (χ1n) is 5.33. The van der Waals surface area contributed by atoms with Crippen molar-refractivity contribution in [3.63, 3.8) is 0 Å². The molecule has 90 valence electrons. The van der Waals surface area contributed by atoms with Crippen LogP contribution in [0.15, 0.2) is 22.7 Å². The largest absolute Gasteiger partial charge is 0.313 e. The lowest BCUT2D eigenvalue weighted by Gasteiger charge is -2.17. The molecule has 0 saturated heterocycles. The van der Waals surface area contributed by atoms with E-state index in [0.29, 0.717) is 6.04 Å². The minimum absolute atomic E-state index is 0.169. The maximum absolute atomic E-state index is 13.1. The molecule has 0 aliphatic heterocycles. The first-order valence-corrected chi connectivity index (χ1v) is 7.52. The van der Waals surface area contributed by atoms with Crippen LogP contribution in [0.3, 0.4) is 0 Å². The molecule has 0 amide bonds. The van der Waals surface area contributed by atoms with Crippen molar-refractivity contribution in [2.45, 2.75) is 19.4 Å². The molecule has 1 N–H and O–H groups in total. The second-order valence-corrected chi connectivity index (χ2v) is 5.41. The maximum atomic E-state index is 13.1. The quantitative estimate of drug-likeness (QED) is 0.863. The lowest BCUT2D eigenvalue weighted by Crippen LogP contribution is -2.33. The van der Waals surface area contributed by atoms with E-state index in [1.807, 2.05) is 11.8 Å². The summed E-state index contributed by atoms with van der Waals surface area (Å²) >= 11 is 5.27. The van der Waals surface area contributed by atoms with Crippen LogP contribution >= 0.6 is 27.7 Å². The van der Waals surface area contributed by atoms with Crippen molar-refractivity contribution in [2.75, 3.05) is 18.6 Å². The summed E-state index contributed by atoms with van der Waals surface area (Å²) in [5, 5.41) is 3.41. The smallest absolute Gasteiger partial charge is 0.123 e. The monoisotopic (exact) mass is 305 g/mol. The fourth-order valence-electron chi connectivity index (χ4n) is 1.65. The highest BCUT2D eigenvalue weighted by Gasteiger charge is 2.10. The normalized spacial score (nSPS) is 12.8. The third kappa shape index (κ3) is 4.44. The van der Waals surface area contributed by atoms with E-state index in [1.165, 1.54) is 6.07 Å². The number of nitrogens with one attached hydrogen (secondary N) is 1. The summed E-state index contributed by atoms with van der Waals surface area (Å²) in [5.41, 5.74) is 1.03. The van der Waals surface area contributed by atoms with Gasteiger partial charge in [0.1, 0.15) is 5.82 Å². The molecule has 0 saturated carbocycles. The van der Waals surface area contributed by atoms with Crippen molar-refractivity contribution in [3.8, 4) is 0 Å². The lowest BCUT2D eigenvalue weighted by atomic mass is 10.1. The van der Waals surface area contributed by atoms with Crippen molar-refractivity contribution >= 4 is 27.7 Å². The molecule has 0 spiro atoms. The second kappa shape index (κ2) is 7.30. The van der Waals surface area contributed by atoms with Gasteiger partial charge in [-0.1, -0.05) is 22.9 Å². The minimum Gasteiger partial charge on any atom is -0.313 e. The Morgan fingerprint density at radius 3 is 2.88 bits per heavy atom. The Morgan fingerprint density at radius 2 is 2.25 bits per heavy atom. The molecular formula is C12H17BrFNS. The van der Waals surface area contributed by atoms with Crippen molar-refractivity contribution in [2.24, 2.45) is 0 Å². The van der Waals surface area contributed by atoms with Gasteiger partial charge in [-0.2, -0.15) is 11.8 Å². The maximum Gasteiger partial charge on any atom is 0.123 e. The zero-order chi connectivity index (χ0) is 12.0. The van der Waals surface area contributed by atoms with Crippen molar-refractivity contribution in [1.29, 1.82) is 0 Å². The van der Waals surface area contributed by atoms with Crippen LogP contribution in [0.4, 0.5) is 4.39 Å². The molecule has 0 heterocycles. The van der Waals surface area contributed by atoms with Gasteiger partial charge in [0.2, 0.25) is 0 Å². The summed E-state index contributed by atoms with van der Waals surface area (Å²) in [7, 11) is 0. The number of thioether (sulfide) groups is 1. The number of likely N-dealkylation sites (N-methyl/N-ethyl adjacent to an activating group) is 1. The van der Waals surface area contributed by atoms with Crippen molar-refractivity contribution in [1.82, 2.24) is 5.32 Å². The summed E-state index contributed by atoms with van der Waals surface area (Å²) < 4.78 is 14.1. The van der Waals surface area contributed by atoms with Crippen LogP contribution in [0.5, 0.6) is 0 Å². The van der Waals surface area contributed by atoms with E-state index < -0.39 is 0 Å². The number of hydrogen-bond donors (Lipinski definition) is 1. The van der Waals surface area contributed by atoms with E-state index in [1.54, 1.807) is 12.1 Å². The van der Waals surface area contributed by atoms with Crippen LogP contribution in [-0.2, 0) is 6.42 Å². The standard InChI is InChI=1S/C12H17BrFNS/c1-3-15-11(8-16-2)7-9-6-10(14)4-5-12(9)13/h4-6,11,15H,3,7-8H2,1-2H3. The van der Waals surface area contributed by atoms with Crippen LogP contribution < -0.4 is 5.32 Å². The van der Waals surface area contributed by atoms with Crippen LogP contribution in [0.2, 0.25) is 0 Å². The minimum atomic E-state index is -0.169. The number of hydrogen-bond acceptors (Lipinski definition) is 2. The van der Waals surface area contributed by atoms with Gasteiger partial charge >= 0.3 is 0 Å². The van der Waals surface area contributed by atoms with Gasteiger partial charge in [0.25, 0.3) is 0 Å². The summed E-state index contributed by atoms with van der Waals surface area (Å²) in [6.07, 6.45) is 2.94. The van der Waals surface area contributed by atoms with Gasteiger partial charge in [0, 0.05) is 16.3 Å². The van der Waals surface area contributed by atoms with Gasteiger partial charge in [-0.3, -0.25) is 0 Å². The van der Waals surface area contributed by atoms with Crippen LogP contribution in [0.25, 0.3) is 0 Å². The number of rotatable bonds is 6. The molecule has 1 nitrogen and oxygen atoms in total. The molecule has 0 aromatic heterocycles. The van der Waals surface area contributed by atoms with Crippen LogP contribution in [0.1, 0.15) is 12.5 Å². The van der Waals surface area contributed by atoms with Gasteiger partial charge < -0.3 is 5.32 Å². The van der Waals surface area contributed by atoms with E-state index in [4.69, 9.17) is 0 Å². The lowest BCUT2D eigenvalue weighted by molar-refractivity contribution is 0.567. The fourth-order valence-corrected chi connectivity index (χ4v) is 2.69. The van der Waals surface area contributed by atoms with E-state index in [0.717, 1.165) is 28.8 Å². The van der Waals surface area contributed by atoms with Gasteiger partial charge in [0.15, 0.2) is 0 Å². The van der Waals surface area contributed by atoms with Gasteiger partial charge in [-0.25, -0.2) is 4.39 Å². The average Bonchev–Trinajstić information content (AvgIpc) is 2.24. The Balaban J connectivity index is 2.71. The molecule has 1 atom stereocenters. The molecular weight excluding hydrogens is 289 g/mol. The predicted octanol–water partition coefficient (Wildman–Crippen LogP) is 3.47. The molecule has 0 aliphatic carbocycles. The van der Waals surface area contributed by atoms with Crippen molar-refractivity contribution in [3.05, 3.63) is 34.1 Å². The zero-order valence-corrected chi connectivity index (χ0v) is 12.0. The number of halogens is 2. The molecule has 1 unspecified atom stereocenters. The Kier molecular flexibility index (Phi) is 6.39. The molecule has 1 aromatic rings. The molecule has 0 aliphatic rings. The fraction of sp³-hybridized carbons (Fsp3) is 0.500. The molecule has 4 heteroatoms. The second-order valence-electron chi connectivity index (χ2n) is 3.65. The van der Waals surface area contributed by atoms with Gasteiger partial charge in [-0.15, -0.1) is 0 Å². The summed E-state index contributed by atoms with van der Waals surface area (Å²) in [5.74, 6) is 0.870. The Hall–Kier alpha value is -0.0600. The SMILES string of the molecule is CCNC(CSC)Cc1cc(F)ccc1Br. The molecule has 0 radical (unpaired) electrons. The summed E-state index contributed by atoms with van der Waals surface area (Å²) in [4.78, 5) is 0. The highest BCUT2D eigenvalue weighted by atomic mass is 79.9.